The molecule has 0 aromatic heterocycles. The molecule has 2 atom stereocenters. The van der Waals surface area contributed by atoms with Gasteiger partial charge in [0.1, 0.15) is 5.82 Å². The van der Waals surface area contributed by atoms with E-state index in [2.05, 4.69) is 13.8 Å². The molecule has 0 amide bonds. The molecule has 1 heterocycles. The first-order valence-electron chi connectivity index (χ1n) is 7.11. The van der Waals surface area contributed by atoms with Gasteiger partial charge in [0, 0.05) is 0 Å². The number of nitrogens with two attached hydrogens (primary N) is 1. The van der Waals surface area contributed by atoms with Crippen LogP contribution in [0, 0.1) is 11.7 Å². The predicted molar refractivity (Wildman–Crippen MR) is 75.5 cm³/mol. The SMILES string of the molecule is CC1(C)CCC(CC(CN)Cc2ccc(F)cc2)O1. The van der Waals surface area contributed by atoms with Gasteiger partial charge in [-0.1, -0.05) is 12.1 Å². The van der Waals surface area contributed by atoms with E-state index in [4.69, 9.17) is 10.5 Å². The minimum absolute atomic E-state index is 0.0136. The van der Waals surface area contributed by atoms with Crippen molar-refractivity contribution in [3.8, 4) is 0 Å². The Bertz CT molecular complexity index is 402. The van der Waals surface area contributed by atoms with Crippen molar-refractivity contribution < 1.29 is 9.13 Å². The van der Waals surface area contributed by atoms with Crippen molar-refractivity contribution in [3.63, 3.8) is 0 Å². The summed E-state index contributed by atoms with van der Waals surface area (Å²) in [6.45, 7) is 4.94. The zero-order valence-electron chi connectivity index (χ0n) is 11.9. The van der Waals surface area contributed by atoms with Crippen LogP contribution in [0.2, 0.25) is 0 Å². The highest BCUT2D eigenvalue weighted by Crippen LogP contribution is 2.32. The number of hydrogen-bond acceptors (Lipinski definition) is 2. The van der Waals surface area contributed by atoms with Crippen molar-refractivity contribution in [3.05, 3.63) is 35.6 Å². The smallest absolute Gasteiger partial charge is 0.123 e. The Hall–Kier alpha value is -0.930. The van der Waals surface area contributed by atoms with E-state index in [1.165, 1.54) is 12.1 Å². The highest BCUT2D eigenvalue weighted by atomic mass is 19.1. The van der Waals surface area contributed by atoms with Gasteiger partial charge in [-0.05, 0) is 69.7 Å². The first-order chi connectivity index (χ1) is 8.98. The fraction of sp³-hybridized carbons (Fsp3) is 0.625. The number of halogens is 1. The molecule has 19 heavy (non-hydrogen) atoms. The summed E-state index contributed by atoms with van der Waals surface area (Å²) >= 11 is 0. The average Bonchev–Trinajstić information content (AvgIpc) is 2.70. The van der Waals surface area contributed by atoms with Gasteiger partial charge in [0.2, 0.25) is 0 Å². The normalized spacial score (nSPS) is 23.5. The van der Waals surface area contributed by atoms with Crippen LogP contribution in [0.3, 0.4) is 0 Å². The minimum Gasteiger partial charge on any atom is -0.372 e. The van der Waals surface area contributed by atoms with Crippen LogP contribution in [0.4, 0.5) is 4.39 Å². The molecule has 1 aliphatic rings. The first-order valence-corrected chi connectivity index (χ1v) is 7.11. The molecule has 0 aliphatic carbocycles. The van der Waals surface area contributed by atoms with E-state index in [1.54, 1.807) is 0 Å². The second kappa shape index (κ2) is 6.02. The second-order valence-corrected chi connectivity index (χ2v) is 6.21. The Kier molecular flexibility index (Phi) is 4.58. The minimum atomic E-state index is -0.186. The molecule has 0 bridgehead atoms. The van der Waals surface area contributed by atoms with E-state index in [0.717, 1.165) is 31.2 Å². The number of ether oxygens (including phenoxy) is 1. The maximum Gasteiger partial charge on any atom is 0.123 e. The Morgan fingerprint density at radius 3 is 2.58 bits per heavy atom. The molecule has 0 spiro atoms. The quantitative estimate of drug-likeness (QED) is 0.886. The Morgan fingerprint density at radius 2 is 2.05 bits per heavy atom. The molecular formula is C16H24FNO. The molecule has 2 rings (SSSR count). The topological polar surface area (TPSA) is 35.2 Å². The van der Waals surface area contributed by atoms with Gasteiger partial charge < -0.3 is 10.5 Å². The Morgan fingerprint density at radius 1 is 1.37 bits per heavy atom. The van der Waals surface area contributed by atoms with Gasteiger partial charge >= 0.3 is 0 Å². The van der Waals surface area contributed by atoms with Crippen molar-refractivity contribution in [1.29, 1.82) is 0 Å². The molecule has 0 saturated carbocycles. The van der Waals surface area contributed by atoms with Gasteiger partial charge in [-0.15, -0.1) is 0 Å². The number of benzene rings is 1. The largest absolute Gasteiger partial charge is 0.372 e. The predicted octanol–water partition coefficient (Wildman–Crippen LogP) is 3.29. The van der Waals surface area contributed by atoms with Crippen LogP contribution in [-0.2, 0) is 11.2 Å². The molecule has 1 aliphatic heterocycles. The van der Waals surface area contributed by atoms with E-state index < -0.39 is 0 Å². The van der Waals surface area contributed by atoms with Crippen molar-refractivity contribution in [2.45, 2.75) is 51.2 Å². The number of hydrogen-bond donors (Lipinski definition) is 1. The van der Waals surface area contributed by atoms with Gasteiger partial charge in [-0.25, -0.2) is 4.39 Å². The van der Waals surface area contributed by atoms with Gasteiger partial charge in [0.05, 0.1) is 11.7 Å². The van der Waals surface area contributed by atoms with E-state index in [0.29, 0.717) is 18.6 Å². The standard InChI is InChI=1S/C16H24FNO/c1-16(2)8-7-15(19-16)10-13(11-18)9-12-3-5-14(17)6-4-12/h3-6,13,15H,7-11,18H2,1-2H3. The summed E-state index contributed by atoms with van der Waals surface area (Å²) in [4.78, 5) is 0. The molecule has 1 fully saturated rings. The molecule has 106 valence electrons. The third-order valence-electron chi connectivity index (χ3n) is 3.92. The summed E-state index contributed by atoms with van der Waals surface area (Å²) in [5.41, 5.74) is 7.03. The lowest BCUT2D eigenvalue weighted by Crippen LogP contribution is -2.25. The highest BCUT2D eigenvalue weighted by molar-refractivity contribution is 5.16. The fourth-order valence-electron chi connectivity index (χ4n) is 2.83. The molecule has 1 aromatic carbocycles. The monoisotopic (exact) mass is 265 g/mol. The summed E-state index contributed by atoms with van der Waals surface area (Å²) < 4.78 is 18.9. The zero-order chi connectivity index (χ0) is 13.9. The molecule has 2 unspecified atom stereocenters. The maximum atomic E-state index is 12.9. The van der Waals surface area contributed by atoms with Crippen LogP contribution in [0.25, 0.3) is 0 Å². The lowest BCUT2D eigenvalue weighted by atomic mass is 9.92. The summed E-state index contributed by atoms with van der Waals surface area (Å²) in [6.07, 6.45) is 4.45. The number of rotatable bonds is 5. The van der Waals surface area contributed by atoms with Crippen LogP contribution < -0.4 is 5.73 Å². The van der Waals surface area contributed by atoms with Crippen molar-refractivity contribution in [2.24, 2.45) is 11.7 Å². The molecule has 1 saturated heterocycles. The van der Waals surface area contributed by atoms with Crippen molar-refractivity contribution in [2.75, 3.05) is 6.54 Å². The third-order valence-corrected chi connectivity index (χ3v) is 3.92. The molecule has 0 radical (unpaired) electrons. The summed E-state index contributed by atoms with van der Waals surface area (Å²) in [7, 11) is 0. The molecule has 3 heteroatoms. The first kappa shape index (κ1) is 14.5. The van der Waals surface area contributed by atoms with Gasteiger partial charge in [0.15, 0.2) is 0 Å². The van der Waals surface area contributed by atoms with Crippen molar-refractivity contribution >= 4 is 0 Å². The van der Waals surface area contributed by atoms with E-state index in [9.17, 15) is 4.39 Å². The zero-order valence-corrected chi connectivity index (χ0v) is 11.9. The van der Waals surface area contributed by atoms with Crippen LogP contribution in [0.1, 0.15) is 38.7 Å². The van der Waals surface area contributed by atoms with Crippen LogP contribution >= 0.6 is 0 Å². The Labute approximate surface area is 115 Å². The Balaban J connectivity index is 1.88. The lowest BCUT2D eigenvalue weighted by Gasteiger charge is -2.22. The summed E-state index contributed by atoms with van der Waals surface area (Å²) in [6, 6.07) is 6.71. The van der Waals surface area contributed by atoms with E-state index in [1.807, 2.05) is 12.1 Å². The molecule has 1 aromatic rings. The molecular weight excluding hydrogens is 241 g/mol. The van der Waals surface area contributed by atoms with Crippen LogP contribution in [0.5, 0.6) is 0 Å². The van der Waals surface area contributed by atoms with Gasteiger partial charge in [-0.3, -0.25) is 0 Å². The van der Waals surface area contributed by atoms with Crippen molar-refractivity contribution in [1.82, 2.24) is 0 Å². The van der Waals surface area contributed by atoms with Crippen LogP contribution in [0.15, 0.2) is 24.3 Å². The molecule has 2 N–H and O–H groups in total. The fourth-order valence-corrected chi connectivity index (χ4v) is 2.83. The molecule has 2 nitrogen and oxygen atoms in total. The average molecular weight is 265 g/mol. The van der Waals surface area contributed by atoms with E-state index in [-0.39, 0.29) is 11.4 Å². The van der Waals surface area contributed by atoms with Gasteiger partial charge in [0.25, 0.3) is 0 Å². The van der Waals surface area contributed by atoms with Gasteiger partial charge in [-0.2, -0.15) is 0 Å². The lowest BCUT2D eigenvalue weighted by molar-refractivity contribution is -0.0240. The van der Waals surface area contributed by atoms with E-state index >= 15 is 0 Å². The summed E-state index contributed by atoms with van der Waals surface area (Å²) in [5, 5.41) is 0. The van der Waals surface area contributed by atoms with Crippen LogP contribution in [-0.4, -0.2) is 18.2 Å². The second-order valence-electron chi connectivity index (χ2n) is 6.21. The third kappa shape index (κ3) is 4.29. The highest BCUT2D eigenvalue weighted by Gasteiger charge is 2.32. The summed E-state index contributed by atoms with van der Waals surface area (Å²) in [5.74, 6) is 0.221. The maximum absolute atomic E-state index is 12.9.